The molecule has 3 N–H and O–H groups in total. The van der Waals surface area contributed by atoms with Crippen LogP contribution in [0.1, 0.15) is 20.3 Å². The van der Waals surface area contributed by atoms with Gasteiger partial charge < -0.3 is 20.5 Å². The minimum atomic E-state index is -0.725. The van der Waals surface area contributed by atoms with Gasteiger partial charge in [-0.1, -0.05) is 0 Å². The lowest BCUT2D eigenvalue weighted by Crippen LogP contribution is -2.42. The van der Waals surface area contributed by atoms with Gasteiger partial charge in [0.15, 0.2) is 0 Å². The van der Waals surface area contributed by atoms with Crippen molar-refractivity contribution in [3.63, 3.8) is 0 Å². The molecule has 0 aliphatic rings. The SMILES string of the molecule is CCOCCCNC(=O)C(=O)NCC(C)O. The lowest BCUT2D eigenvalue weighted by Gasteiger charge is -2.07. The topological polar surface area (TPSA) is 87.7 Å². The molecule has 0 rings (SSSR count). The van der Waals surface area contributed by atoms with Gasteiger partial charge in [0.05, 0.1) is 6.10 Å². The predicted molar refractivity (Wildman–Crippen MR) is 58.8 cm³/mol. The lowest BCUT2D eigenvalue weighted by atomic mass is 10.4. The van der Waals surface area contributed by atoms with Gasteiger partial charge >= 0.3 is 11.8 Å². The zero-order chi connectivity index (χ0) is 12.4. The summed E-state index contributed by atoms with van der Waals surface area (Å²) >= 11 is 0. The Morgan fingerprint density at radius 1 is 1.31 bits per heavy atom. The maximum atomic E-state index is 11.1. The number of carbonyl (C=O) groups is 2. The standard InChI is InChI=1S/C10H20N2O4/c1-3-16-6-4-5-11-9(14)10(15)12-7-8(2)13/h8,13H,3-7H2,1-2H3,(H,11,14)(H,12,15). The minimum absolute atomic E-state index is 0.0746. The van der Waals surface area contributed by atoms with Gasteiger partial charge in [-0.3, -0.25) is 9.59 Å². The van der Waals surface area contributed by atoms with E-state index >= 15 is 0 Å². The van der Waals surface area contributed by atoms with Crippen molar-refractivity contribution in [1.82, 2.24) is 10.6 Å². The van der Waals surface area contributed by atoms with E-state index in [0.29, 0.717) is 26.2 Å². The van der Waals surface area contributed by atoms with Gasteiger partial charge in [0.2, 0.25) is 0 Å². The Hall–Kier alpha value is -1.14. The molecule has 0 spiro atoms. The smallest absolute Gasteiger partial charge is 0.309 e. The van der Waals surface area contributed by atoms with Crippen LogP contribution < -0.4 is 10.6 Å². The molecule has 16 heavy (non-hydrogen) atoms. The molecule has 6 nitrogen and oxygen atoms in total. The highest BCUT2D eigenvalue weighted by Crippen LogP contribution is 1.81. The van der Waals surface area contributed by atoms with Crippen molar-refractivity contribution in [2.24, 2.45) is 0 Å². The molecular weight excluding hydrogens is 212 g/mol. The summed E-state index contributed by atoms with van der Waals surface area (Å²) in [6.45, 7) is 5.10. The molecule has 0 heterocycles. The Kier molecular flexibility index (Phi) is 8.46. The van der Waals surface area contributed by atoms with E-state index in [-0.39, 0.29) is 6.54 Å². The van der Waals surface area contributed by atoms with Crippen LogP contribution in [0.15, 0.2) is 0 Å². The molecule has 0 saturated carbocycles. The predicted octanol–water partition coefficient (Wildman–Crippen LogP) is -0.974. The van der Waals surface area contributed by atoms with Gasteiger partial charge in [0.25, 0.3) is 0 Å². The number of ether oxygens (including phenoxy) is 1. The van der Waals surface area contributed by atoms with Crippen molar-refractivity contribution in [1.29, 1.82) is 0 Å². The number of aliphatic hydroxyl groups excluding tert-OH is 1. The van der Waals surface area contributed by atoms with Crippen molar-refractivity contribution < 1.29 is 19.4 Å². The van der Waals surface area contributed by atoms with Crippen molar-refractivity contribution >= 4 is 11.8 Å². The van der Waals surface area contributed by atoms with Crippen molar-refractivity contribution in [3.8, 4) is 0 Å². The van der Waals surface area contributed by atoms with Crippen LogP contribution in [0.3, 0.4) is 0 Å². The first kappa shape index (κ1) is 14.9. The van der Waals surface area contributed by atoms with E-state index in [1.54, 1.807) is 0 Å². The Morgan fingerprint density at radius 3 is 2.50 bits per heavy atom. The summed E-state index contributed by atoms with van der Waals surface area (Å²) in [5, 5.41) is 13.6. The fourth-order valence-corrected chi connectivity index (χ4v) is 0.921. The van der Waals surface area contributed by atoms with Crippen LogP contribution >= 0.6 is 0 Å². The Balaban J connectivity index is 3.52. The second-order valence-electron chi connectivity index (χ2n) is 3.37. The first-order valence-electron chi connectivity index (χ1n) is 5.39. The molecule has 6 heteroatoms. The average molecular weight is 232 g/mol. The molecule has 0 aromatic rings. The van der Waals surface area contributed by atoms with E-state index in [1.165, 1.54) is 6.92 Å². The second kappa shape index (κ2) is 9.11. The third kappa shape index (κ3) is 8.19. The fraction of sp³-hybridized carbons (Fsp3) is 0.800. The summed E-state index contributed by atoms with van der Waals surface area (Å²) in [5.41, 5.74) is 0. The van der Waals surface area contributed by atoms with Crippen LogP contribution in [0.25, 0.3) is 0 Å². The van der Waals surface area contributed by atoms with Crippen LogP contribution in [-0.2, 0) is 14.3 Å². The molecule has 0 aromatic carbocycles. The maximum Gasteiger partial charge on any atom is 0.309 e. The minimum Gasteiger partial charge on any atom is -0.392 e. The summed E-state index contributed by atoms with van der Waals surface area (Å²) in [4.78, 5) is 22.2. The number of nitrogens with one attached hydrogen (secondary N) is 2. The molecule has 0 fully saturated rings. The molecule has 0 aromatic heterocycles. The van der Waals surface area contributed by atoms with Crippen LogP contribution in [0.5, 0.6) is 0 Å². The number of aliphatic hydroxyl groups is 1. The zero-order valence-electron chi connectivity index (χ0n) is 9.78. The first-order chi connectivity index (χ1) is 7.57. The Morgan fingerprint density at radius 2 is 1.94 bits per heavy atom. The molecule has 0 saturated heterocycles. The first-order valence-corrected chi connectivity index (χ1v) is 5.39. The third-order valence-corrected chi connectivity index (χ3v) is 1.72. The molecule has 2 amide bonds. The Labute approximate surface area is 95.4 Å². The van der Waals surface area contributed by atoms with E-state index in [0.717, 1.165) is 0 Å². The third-order valence-electron chi connectivity index (χ3n) is 1.72. The van der Waals surface area contributed by atoms with Crippen molar-refractivity contribution in [2.45, 2.75) is 26.4 Å². The molecule has 0 bridgehead atoms. The van der Waals surface area contributed by atoms with Crippen LogP contribution in [-0.4, -0.2) is 49.3 Å². The number of rotatable bonds is 7. The van der Waals surface area contributed by atoms with Crippen LogP contribution in [0, 0.1) is 0 Å². The molecule has 0 radical (unpaired) electrons. The lowest BCUT2D eigenvalue weighted by molar-refractivity contribution is -0.139. The summed E-state index contributed by atoms with van der Waals surface area (Å²) in [5.74, 6) is -1.41. The highest BCUT2D eigenvalue weighted by Gasteiger charge is 2.12. The second-order valence-corrected chi connectivity index (χ2v) is 3.37. The van der Waals surface area contributed by atoms with Gasteiger partial charge in [-0.2, -0.15) is 0 Å². The Bertz CT molecular complexity index is 219. The van der Waals surface area contributed by atoms with E-state index < -0.39 is 17.9 Å². The maximum absolute atomic E-state index is 11.1. The zero-order valence-corrected chi connectivity index (χ0v) is 9.78. The largest absolute Gasteiger partial charge is 0.392 e. The van der Waals surface area contributed by atoms with E-state index in [2.05, 4.69) is 10.6 Å². The summed E-state index contributed by atoms with van der Waals surface area (Å²) in [6, 6.07) is 0. The van der Waals surface area contributed by atoms with E-state index in [1.807, 2.05) is 6.92 Å². The normalized spacial score (nSPS) is 11.9. The van der Waals surface area contributed by atoms with Crippen molar-refractivity contribution in [3.05, 3.63) is 0 Å². The van der Waals surface area contributed by atoms with Gasteiger partial charge in [-0.05, 0) is 20.3 Å². The quantitative estimate of drug-likeness (QED) is 0.389. The highest BCUT2D eigenvalue weighted by molar-refractivity contribution is 6.35. The van der Waals surface area contributed by atoms with Crippen molar-refractivity contribution in [2.75, 3.05) is 26.3 Å². The van der Waals surface area contributed by atoms with E-state index in [4.69, 9.17) is 9.84 Å². The van der Waals surface area contributed by atoms with Crippen LogP contribution in [0.2, 0.25) is 0 Å². The number of amides is 2. The fourth-order valence-electron chi connectivity index (χ4n) is 0.921. The molecule has 1 atom stereocenters. The van der Waals surface area contributed by atoms with Gasteiger partial charge in [-0.15, -0.1) is 0 Å². The summed E-state index contributed by atoms with van der Waals surface area (Å²) in [7, 11) is 0. The highest BCUT2D eigenvalue weighted by atomic mass is 16.5. The molecule has 94 valence electrons. The van der Waals surface area contributed by atoms with Gasteiger partial charge in [0, 0.05) is 26.3 Å². The molecule has 0 aliphatic heterocycles. The number of hydrogen-bond donors (Lipinski definition) is 3. The molecule has 0 aliphatic carbocycles. The molecular formula is C10H20N2O4. The van der Waals surface area contributed by atoms with Crippen LogP contribution in [0.4, 0.5) is 0 Å². The average Bonchev–Trinajstić information content (AvgIpc) is 2.25. The van der Waals surface area contributed by atoms with Gasteiger partial charge in [0.1, 0.15) is 0 Å². The monoisotopic (exact) mass is 232 g/mol. The van der Waals surface area contributed by atoms with Gasteiger partial charge in [-0.25, -0.2) is 0 Å². The van der Waals surface area contributed by atoms with E-state index in [9.17, 15) is 9.59 Å². The number of hydrogen-bond acceptors (Lipinski definition) is 4. The summed E-state index contributed by atoms with van der Waals surface area (Å²) in [6.07, 6.45) is 0.0122. The summed E-state index contributed by atoms with van der Waals surface area (Å²) < 4.78 is 5.07. The molecule has 1 unspecified atom stereocenters. The number of carbonyl (C=O) groups excluding carboxylic acids is 2.